The maximum absolute atomic E-state index is 5.68. The van der Waals surface area contributed by atoms with Gasteiger partial charge in [-0.25, -0.2) is 0 Å². The summed E-state index contributed by atoms with van der Waals surface area (Å²) in [7, 11) is 0. The molecule has 0 unspecified atom stereocenters. The summed E-state index contributed by atoms with van der Waals surface area (Å²) < 4.78 is 7.71. The lowest BCUT2D eigenvalue weighted by Crippen LogP contribution is -2.23. The molecule has 0 aliphatic carbocycles. The largest absolute Gasteiger partial charge is 0.421 e. The third-order valence-electron chi connectivity index (χ3n) is 2.47. The van der Waals surface area contributed by atoms with Gasteiger partial charge < -0.3 is 9.73 Å². The number of nitrogens with one attached hydrogen (secondary N) is 1. The summed E-state index contributed by atoms with van der Waals surface area (Å²) in [5.41, 5.74) is 0.941. The molecule has 7 heteroatoms. The van der Waals surface area contributed by atoms with E-state index in [1.165, 1.54) is 0 Å². The van der Waals surface area contributed by atoms with Crippen LogP contribution in [0.2, 0.25) is 0 Å². The molecule has 0 amide bonds. The zero-order valence-corrected chi connectivity index (χ0v) is 14.7. The van der Waals surface area contributed by atoms with Crippen LogP contribution in [0.15, 0.2) is 18.1 Å². The maximum atomic E-state index is 5.68. The van der Waals surface area contributed by atoms with Crippen molar-refractivity contribution in [2.45, 2.75) is 32.7 Å². The Hall–Kier alpha value is -0.240. The van der Waals surface area contributed by atoms with E-state index in [9.17, 15) is 0 Å². The molecule has 0 aromatic carbocycles. The molecule has 1 N–H and O–H groups in total. The SMILES string of the molecule is CC(C)NCCCc1nnc(-c2cc(Br)sc2Br)o1. The Bertz CT molecular complexity index is 539. The van der Waals surface area contributed by atoms with Crippen LogP contribution in [0.5, 0.6) is 0 Å². The van der Waals surface area contributed by atoms with Crippen molar-refractivity contribution < 1.29 is 4.42 Å². The highest BCUT2D eigenvalue weighted by molar-refractivity contribution is 9.12. The fraction of sp³-hybridized carbons (Fsp3) is 0.500. The molecule has 0 saturated carbocycles. The minimum atomic E-state index is 0.511. The minimum Gasteiger partial charge on any atom is -0.421 e. The van der Waals surface area contributed by atoms with Gasteiger partial charge in [-0.05, 0) is 50.9 Å². The summed E-state index contributed by atoms with van der Waals surface area (Å²) in [6.45, 7) is 5.23. The second-order valence-corrected chi connectivity index (χ2v) is 8.20. The highest BCUT2D eigenvalue weighted by Crippen LogP contribution is 2.37. The summed E-state index contributed by atoms with van der Waals surface area (Å²) >= 11 is 8.53. The summed E-state index contributed by atoms with van der Waals surface area (Å²) in [6.07, 6.45) is 1.80. The summed E-state index contributed by atoms with van der Waals surface area (Å²) in [5, 5.41) is 11.5. The second kappa shape index (κ2) is 6.97. The van der Waals surface area contributed by atoms with Crippen molar-refractivity contribution in [3.63, 3.8) is 0 Å². The molecule has 104 valence electrons. The molecule has 0 fully saturated rings. The first-order valence-corrected chi connectivity index (χ1v) is 8.47. The number of thiophene rings is 1. The smallest absolute Gasteiger partial charge is 0.249 e. The number of hydrogen-bond acceptors (Lipinski definition) is 5. The standard InChI is InChI=1S/C12H15Br2N3OS/c1-7(2)15-5-3-4-10-16-17-12(18-10)8-6-9(13)19-11(8)14/h6-7,15H,3-5H2,1-2H3. The highest BCUT2D eigenvalue weighted by atomic mass is 79.9. The second-order valence-electron chi connectivity index (χ2n) is 4.45. The Morgan fingerprint density at radius 2 is 2.16 bits per heavy atom. The zero-order chi connectivity index (χ0) is 13.8. The number of aryl methyl sites for hydroxylation is 1. The van der Waals surface area contributed by atoms with E-state index in [2.05, 4.69) is 61.2 Å². The van der Waals surface area contributed by atoms with Gasteiger partial charge in [0.2, 0.25) is 11.8 Å². The number of halogens is 2. The molecule has 0 bridgehead atoms. The van der Waals surface area contributed by atoms with E-state index in [0.717, 1.165) is 32.5 Å². The van der Waals surface area contributed by atoms with Gasteiger partial charge in [-0.2, -0.15) is 0 Å². The van der Waals surface area contributed by atoms with Gasteiger partial charge >= 0.3 is 0 Å². The quantitative estimate of drug-likeness (QED) is 0.725. The normalized spacial score (nSPS) is 11.4. The van der Waals surface area contributed by atoms with Crippen LogP contribution in [0, 0.1) is 0 Å². The van der Waals surface area contributed by atoms with Crippen LogP contribution in [0.4, 0.5) is 0 Å². The van der Waals surface area contributed by atoms with Crippen molar-refractivity contribution in [2.24, 2.45) is 0 Å². The number of hydrogen-bond donors (Lipinski definition) is 1. The van der Waals surface area contributed by atoms with E-state index >= 15 is 0 Å². The van der Waals surface area contributed by atoms with Crippen molar-refractivity contribution in [3.05, 3.63) is 19.5 Å². The Kier molecular flexibility index (Phi) is 5.56. The summed E-state index contributed by atoms with van der Waals surface area (Å²) in [6, 6.07) is 2.49. The van der Waals surface area contributed by atoms with Crippen LogP contribution in [-0.2, 0) is 6.42 Å². The van der Waals surface area contributed by atoms with Gasteiger partial charge in [0.05, 0.1) is 13.1 Å². The molecule has 2 rings (SSSR count). The monoisotopic (exact) mass is 407 g/mol. The van der Waals surface area contributed by atoms with Gasteiger partial charge in [-0.15, -0.1) is 21.5 Å². The first-order valence-electron chi connectivity index (χ1n) is 6.07. The fourth-order valence-electron chi connectivity index (χ4n) is 1.58. The van der Waals surface area contributed by atoms with E-state index in [4.69, 9.17) is 4.42 Å². The number of nitrogens with zero attached hydrogens (tertiary/aromatic N) is 2. The predicted molar refractivity (Wildman–Crippen MR) is 84.5 cm³/mol. The van der Waals surface area contributed by atoms with Crippen LogP contribution in [0.1, 0.15) is 26.2 Å². The molecule has 0 spiro atoms. The molecule has 2 aromatic heterocycles. The molecule has 0 aliphatic heterocycles. The van der Waals surface area contributed by atoms with E-state index in [1.807, 2.05) is 6.07 Å². The Morgan fingerprint density at radius 3 is 2.79 bits per heavy atom. The Labute approximate surface area is 133 Å². The van der Waals surface area contributed by atoms with Crippen molar-refractivity contribution in [3.8, 4) is 11.5 Å². The Morgan fingerprint density at radius 1 is 1.37 bits per heavy atom. The lowest BCUT2D eigenvalue weighted by atomic mass is 10.3. The van der Waals surface area contributed by atoms with Crippen molar-refractivity contribution in [1.82, 2.24) is 15.5 Å². The zero-order valence-electron chi connectivity index (χ0n) is 10.7. The van der Waals surface area contributed by atoms with Gasteiger partial charge in [-0.1, -0.05) is 13.8 Å². The van der Waals surface area contributed by atoms with E-state index < -0.39 is 0 Å². The van der Waals surface area contributed by atoms with Gasteiger partial charge in [0.25, 0.3) is 0 Å². The molecule has 2 aromatic rings. The van der Waals surface area contributed by atoms with E-state index in [-0.39, 0.29) is 0 Å². The lowest BCUT2D eigenvalue weighted by molar-refractivity contribution is 0.484. The van der Waals surface area contributed by atoms with Crippen LogP contribution < -0.4 is 5.32 Å². The molecule has 0 aliphatic rings. The summed E-state index contributed by atoms with van der Waals surface area (Å²) in [5.74, 6) is 1.26. The summed E-state index contributed by atoms with van der Waals surface area (Å²) in [4.78, 5) is 0. The molecule has 4 nitrogen and oxygen atoms in total. The van der Waals surface area contributed by atoms with Crippen molar-refractivity contribution in [2.75, 3.05) is 6.54 Å². The van der Waals surface area contributed by atoms with Crippen LogP contribution in [-0.4, -0.2) is 22.8 Å². The molecular formula is C12H15Br2N3OS. The van der Waals surface area contributed by atoms with Gasteiger partial charge in [0, 0.05) is 12.5 Å². The van der Waals surface area contributed by atoms with Gasteiger partial charge in [-0.3, -0.25) is 0 Å². The fourth-order valence-corrected chi connectivity index (χ4v) is 4.36. The first kappa shape index (κ1) is 15.2. The van der Waals surface area contributed by atoms with Crippen molar-refractivity contribution >= 4 is 43.2 Å². The molecule has 0 atom stereocenters. The third kappa shape index (κ3) is 4.37. The minimum absolute atomic E-state index is 0.511. The average molecular weight is 409 g/mol. The van der Waals surface area contributed by atoms with E-state index in [1.54, 1.807) is 11.3 Å². The molecule has 0 radical (unpaired) electrons. The van der Waals surface area contributed by atoms with Crippen LogP contribution in [0.3, 0.4) is 0 Å². The van der Waals surface area contributed by atoms with Crippen LogP contribution >= 0.6 is 43.2 Å². The van der Waals surface area contributed by atoms with Crippen molar-refractivity contribution in [1.29, 1.82) is 0 Å². The lowest BCUT2D eigenvalue weighted by Gasteiger charge is -2.05. The van der Waals surface area contributed by atoms with Gasteiger partial charge in [0.15, 0.2) is 0 Å². The average Bonchev–Trinajstić information content (AvgIpc) is 2.91. The molecule has 2 heterocycles. The molecular weight excluding hydrogens is 394 g/mol. The Balaban J connectivity index is 1.94. The predicted octanol–water partition coefficient (Wildman–Crippen LogP) is 4.25. The maximum Gasteiger partial charge on any atom is 0.249 e. The number of aromatic nitrogens is 2. The van der Waals surface area contributed by atoms with Gasteiger partial charge in [0.1, 0.15) is 0 Å². The van der Waals surface area contributed by atoms with Crippen LogP contribution in [0.25, 0.3) is 11.5 Å². The molecule has 0 saturated heterocycles. The highest BCUT2D eigenvalue weighted by Gasteiger charge is 2.14. The molecule has 19 heavy (non-hydrogen) atoms. The number of rotatable bonds is 6. The third-order valence-corrected chi connectivity index (χ3v) is 4.81. The van der Waals surface area contributed by atoms with E-state index in [0.29, 0.717) is 17.8 Å². The first-order chi connectivity index (χ1) is 9.06. The topological polar surface area (TPSA) is 51.0 Å².